The normalized spacial score (nSPS) is 16.7. The molecule has 1 aliphatic rings. The number of carbonyl (C=O) groups is 2. The summed E-state index contributed by atoms with van der Waals surface area (Å²) in [5.74, 6) is -0.355. The summed E-state index contributed by atoms with van der Waals surface area (Å²) < 4.78 is 5.21. The molecule has 1 fully saturated rings. The van der Waals surface area contributed by atoms with Crippen molar-refractivity contribution in [1.82, 2.24) is 25.5 Å². The van der Waals surface area contributed by atoms with Gasteiger partial charge >= 0.3 is 5.97 Å². The van der Waals surface area contributed by atoms with E-state index in [1.54, 1.807) is 6.92 Å². The van der Waals surface area contributed by atoms with Crippen molar-refractivity contribution in [2.75, 3.05) is 0 Å². The molecule has 2 aromatic rings. The number of carbonyl (C=O) groups excluding carboxylic acids is 2. The molecule has 0 aliphatic heterocycles. The zero-order chi connectivity index (χ0) is 18.4. The van der Waals surface area contributed by atoms with Crippen molar-refractivity contribution in [3.63, 3.8) is 0 Å². The molecule has 0 spiro atoms. The second-order valence-corrected chi connectivity index (χ2v) is 7.40. The van der Waals surface area contributed by atoms with Crippen molar-refractivity contribution in [3.8, 4) is 10.7 Å². The van der Waals surface area contributed by atoms with Gasteiger partial charge in [-0.3, -0.25) is 4.79 Å². The van der Waals surface area contributed by atoms with Gasteiger partial charge in [-0.1, -0.05) is 31.7 Å². The molecule has 1 amide bonds. The van der Waals surface area contributed by atoms with Gasteiger partial charge in [0.05, 0.1) is 4.88 Å². The molecule has 0 radical (unpaired) electrons. The second-order valence-electron chi connectivity index (χ2n) is 6.45. The van der Waals surface area contributed by atoms with Crippen LogP contribution in [0.5, 0.6) is 0 Å². The molecular formula is C17H23N5O3S. The molecule has 2 heterocycles. The number of nitrogens with zero attached hydrogens (tertiary/aromatic N) is 4. The van der Waals surface area contributed by atoms with Crippen molar-refractivity contribution in [3.05, 3.63) is 17.5 Å². The predicted octanol–water partition coefficient (Wildman–Crippen LogP) is 2.17. The fraction of sp³-hybridized carbons (Fsp3) is 0.588. The molecule has 1 aliphatic carbocycles. The molecule has 1 N–H and O–H groups in total. The number of aromatic nitrogens is 4. The van der Waals surface area contributed by atoms with Crippen LogP contribution in [0, 0.1) is 0 Å². The molecule has 0 unspecified atom stereocenters. The number of rotatable bonds is 6. The highest BCUT2D eigenvalue weighted by Gasteiger charge is 2.22. The number of tetrazole rings is 1. The number of nitrogens with one attached hydrogen (secondary N) is 1. The van der Waals surface area contributed by atoms with E-state index >= 15 is 0 Å². The Bertz CT molecular complexity index is 723. The number of thiophene rings is 1. The van der Waals surface area contributed by atoms with Crippen molar-refractivity contribution < 1.29 is 14.3 Å². The Balaban J connectivity index is 1.47. The lowest BCUT2D eigenvalue weighted by atomic mass is 10.1. The summed E-state index contributed by atoms with van der Waals surface area (Å²) in [6, 6.07) is 3.95. The highest BCUT2D eigenvalue weighted by molar-refractivity contribution is 7.13. The van der Waals surface area contributed by atoms with Gasteiger partial charge in [0.1, 0.15) is 0 Å². The summed E-state index contributed by atoms with van der Waals surface area (Å²) in [7, 11) is 0. The van der Waals surface area contributed by atoms with Gasteiger partial charge in [-0.2, -0.15) is 4.80 Å². The van der Waals surface area contributed by atoms with Crippen LogP contribution in [-0.4, -0.2) is 44.2 Å². The van der Waals surface area contributed by atoms with E-state index in [-0.39, 0.29) is 18.5 Å². The molecule has 0 aromatic carbocycles. The lowest BCUT2D eigenvalue weighted by Gasteiger charge is -2.19. The quantitative estimate of drug-likeness (QED) is 0.612. The molecule has 9 heteroatoms. The summed E-state index contributed by atoms with van der Waals surface area (Å²) in [5, 5.41) is 16.8. The minimum atomic E-state index is -0.842. The first-order valence-corrected chi connectivity index (χ1v) is 9.81. The maximum absolute atomic E-state index is 12.2. The zero-order valence-corrected chi connectivity index (χ0v) is 15.6. The molecule has 3 rings (SSSR count). The Labute approximate surface area is 155 Å². The van der Waals surface area contributed by atoms with Gasteiger partial charge in [0.25, 0.3) is 5.91 Å². The molecular weight excluding hydrogens is 354 g/mol. The number of hydrogen-bond acceptors (Lipinski definition) is 7. The molecule has 2 aromatic heterocycles. The molecule has 1 saturated carbocycles. The molecule has 1 atom stereocenters. The number of amides is 1. The third kappa shape index (κ3) is 5.10. The maximum atomic E-state index is 12.2. The highest BCUT2D eigenvalue weighted by atomic mass is 32.1. The highest BCUT2D eigenvalue weighted by Crippen LogP contribution is 2.19. The fourth-order valence-corrected chi connectivity index (χ4v) is 3.61. The van der Waals surface area contributed by atoms with Crippen LogP contribution < -0.4 is 5.32 Å². The van der Waals surface area contributed by atoms with Gasteiger partial charge < -0.3 is 10.1 Å². The lowest BCUT2D eigenvalue weighted by molar-refractivity contribution is -0.156. The first-order valence-electron chi connectivity index (χ1n) is 8.93. The monoisotopic (exact) mass is 377 g/mol. The predicted molar refractivity (Wildman–Crippen MR) is 96.3 cm³/mol. The fourth-order valence-electron chi connectivity index (χ4n) is 2.96. The van der Waals surface area contributed by atoms with Gasteiger partial charge in [0, 0.05) is 6.04 Å². The Hall–Kier alpha value is -2.29. The van der Waals surface area contributed by atoms with E-state index in [4.69, 9.17) is 4.74 Å². The van der Waals surface area contributed by atoms with Crippen molar-refractivity contribution in [1.29, 1.82) is 0 Å². The summed E-state index contributed by atoms with van der Waals surface area (Å²) in [4.78, 5) is 26.3. The molecule has 140 valence electrons. The van der Waals surface area contributed by atoms with Crippen LogP contribution in [0.1, 0.15) is 45.4 Å². The second kappa shape index (κ2) is 8.88. The van der Waals surface area contributed by atoms with E-state index in [1.807, 2.05) is 17.5 Å². The Morgan fingerprint density at radius 2 is 2.12 bits per heavy atom. The smallest absolute Gasteiger partial charge is 0.330 e. The van der Waals surface area contributed by atoms with E-state index in [2.05, 4.69) is 20.7 Å². The topological polar surface area (TPSA) is 99.0 Å². The van der Waals surface area contributed by atoms with Gasteiger partial charge in [-0.25, -0.2) is 4.79 Å². The van der Waals surface area contributed by atoms with Crippen LogP contribution in [0.15, 0.2) is 17.5 Å². The van der Waals surface area contributed by atoms with Gasteiger partial charge in [0.2, 0.25) is 5.82 Å². The number of hydrogen-bond donors (Lipinski definition) is 1. The van der Waals surface area contributed by atoms with Gasteiger partial charge in [-0.15, -0.1) is 21.5 Å². The Morgan fingerprint density at radius 3 is 2.81 bits per heavy atom. The number of esters is 1. The standard InChI is InChI=1S/C17H23N5O3S/c1-12(17(24)18-13-7-4-2-3-5-8-13)25-15(23)11-22-20-16(19-21-22)14-9-6-10-26-14/h6,9-10,12-13H,2-5,7-8,11H2,1H3,(H,18,24)/t12-/m0/s1. The molecule has 0 bridgehead atoms. The van der Waals surface area contributed by atoms with Crippen molar-refractivity contribution in [2.24, 2.45) is 0 Å². The summed E-state index contributed by atoms with van der Waals surface area (Å²) >= 11 is 1.49. The van der Waals surface area contributed by atoms with E-state index in [1.165, 1.54) is 29.0 Å². The van der Waals surface area contributed by atoms with Crippen LogP contribution in [0.25, 0.3) is 10.7 Å². The zero-order valence-electron chi connectivity index (χ0n) is 14.8. The average Bonchev–Trinajstić information content (AvgIpc) is 3.23. The van der Waals surface area contributed by atoms with Crippen molar-refractivity contribution in [2.45, 2.75) is 64.1 Å². The average molecular weight is 377 g/mol. The minimum Gasteiger partial charge on any atom is -0.451 e. The SMILES string of the molecule is C[C@H](OC(=O)Cn1nnc(-c2cccs2)n1)C(=O)NC1CCCCCC1. The third-order valence-electron chi connectivity index (χ3n) is 4.34. The Kier molecular flexibility index (Phi) is 6.32. The van der Waals surface area contributed by atoms with Gasteiger partial charge in [-0.05, 0) is 36.4 Å². The van der Waals surface area contributed by atoms with Gasteiger partial charge in [0.15, 0.2) is 12.6 Å². The van der Waals surface area contributed by atoms with Crippen molar-refractivity contribution >= 4 is 23.2 Å². The first-order chi connectivity index (χ1) is 12.6. The number of ether oxygens (including phenoxy) is 1. The maximum Gasteiger partial charge on any atom is 0.330 e. The minimum absolute atomic E-state index is 0.177. The third-order valence-corrected chi connectivity index (χ3v) is 5.21. The van der Waals surface area contributed by atoms with Crippen LogP contribution in [0.3, 0.4) is 0 Å². The summed E-state index contributed by atoms with van der Waals surface area (Å²) in [5.41, 5.74) is 0. The van der Waals surface area contributed by atoms with Crippen LogP contribution in [-0.2, 0) is 20.9 Å². The van der Waals surface area contributed by atoms with E-state index in [9.17, 15) is 9.59 Å². The van der Waals surface area contributed by atoms with E-state index in [0.717, 1.165) is 30.6 Å². The van der Waals surface area contributed by atoms with E-state index in [0.29, 0.717) is 5.82 Å². The largest absolute Gasteiger partial charge is 0.451 e. The summed E-state index contributed by atoms with van der Waals surface area (Å²) in [6.07, 6.45) is 5.82. The Morgan fingerprint density at radius 1 is 1.35 bits per heavy atom. The lowest BCUT2D eigenvalue weighted by Crippen LogP contribution is -2.42. The summed E-state index contributed by atoms with van der Waals surface area (Å²) in [6.45, 7) is 1.40. The molecule has 8 nitrogen and oxygen atoms in total. The van der Waals surface area contributed by atoms with E-state index < -0.39 is 12.1 Å². The first kappa shape index (κ1) is 18.5. The molecule has 0 saturated heterocycles. The van der Waals surface area contributed by atoms with Crippen LogP contribution in [0.4, 0.5) is 0 Å². The van der Waals surface area contributed by atoms with Crippen LogP contribution >= 0.6 is 11.3 Å². The molecule has 26 heavy (non-hydrogen) atoms. The van der Waals surface area contributed by atoms with Crippen LogP contribution in [0.2, 0.25) is 0 Å².